The fraction of sp³-hybridized carbons (Fsp3) is 0.824. The first-order valence-corrected chi connectivity index (χ1v) is 9.29. The molecule has 4 heteroatoms. The van der Waals surface area contributed by atoms with Crippen molar-refractivity contribution in [3.05, 3.63) is 15.6 Å². The number of thiazole rings is 1. The minimum Gasteiger partial charge on any atom is -0.371 e. The van der Waals surface area contributed by atoms with Crippen LogP contribution in [-0.2, 0) is 17.7 Å². The number of ether oxygens (including phenoxy) is 1. The Balaban J connectivity index is 2.11. The molecule has 3 nitrogen and oxygen atoms in total. The third-order valence-corrected chi connectivity index (χ3v) is 4.91. The molecule has 0 amide bonds. The van der Waals surface area contributed by atoms with E-state index in [0.717, 1.165) is 38.5 Å². The van der Waals surface area contributed by atoms with E-state index in [4.69, 9.17) is 9.72 Å². The number of nitrogens with one attached hydrogen (secondary N) is 1. The Kier molecular flexibility index (Phi) is 6.65. The predicted octanol–water partition coefficient (Wildman–Crippen LogP) is 4.47. The summed E-state index contributed by atoms with van der Waals surface area (Å²) in [5.74, 6) is 0.649. The molecule has 120 valence electrons. The summed E-state index contributed by atoms with van der Waals surface area (Å²) in [6.45, 7) is 10.6. The molecule has 0 aromatic carbocycles. The van der Waals surface area contributed by atoms with E-state index in [1.54, 1.807) is 0 Å². The van der Waals surface area contributed by atoms with Gasteiger partial charge in [-0.1, -0.05) is 27.2 Å². The zero-order valence-electron chi connectivity index (χ0n) is 13.9. The first-order chi connectivity index (χ1) is 10.1. The van der Waals surface area contributed by atoms with Gasteiger partial charge in [-0.05, 0) is 38.5 Å². The van der Waals surface area contributed by atoms with Gasteiger partial charge in [0, 0.05) is 24.1 Å². The molecule has 0 aliphatic heterocycles. The lowest BCUT2D eigenvalue weighted by molar-refractivity contribution is 0.0554. The van der Waals surface area contributed by atoms with Crippen molar-refractivity contribution in [2.75, 3.05) is 6.61 Å². The minimum absolute atomic E-state index is 0.186. The van der Waals surface area contributed by atoms with Crippen LogP contribution in [-0.4, -0.2) is 17.6 Å². The average Bonchev–Trinajstić information content (AvgIpc) is 3.18. The maximum absolute atomic E-state index is 5.91. The second-order valence-corrected chi connectivity index (χ2v) is 7.52. The van der Waals surface area contributed by atoms with Gasteiger partial charge < -0.3 is 10.1 Å². The molecule has 1 aliphatic rings. The Morgan fingerprint density at radius 3 is 2.67 bits per heavy atom. The standard InChI is InChI=1S/C17H30N2OS/c1-5-7-15(20-6-2)17-19-14(10-12(3)4)16(21-17)11-18-13-8-9-13/h12-13,15,18H,5-11H2,1-4H3. The lowest BCUT2D eigenvalue weighted by Gasteiger charge is -2.12. The summed E-state index contributed by atoms with van der Waals surface area (Å²) in [6, 6.07) is 0.751. The number of hydrogen-bond acceptors (Lipinski definition) is 4. The first-order valence-electron chi connectivity index (χ1n) is 8.47. The van der Waals surface area contributed by atoms with Gasteiger partial charge in [0.15, 0.2) is 0 Å². The van der Waals surface area contributed by atoms with Crippen molar-refractivity contribution in [2.24, 2.45) is 5.92 Å². The molecule has 0 bridgehead atoms. The lowest BCUT2D eigenvalue weighted by atomic mass is 10.1. The summed E-state index contributed by atoms with van der Waals surface area (Å²) >= 11 is 1.86. The normalized spacial score (nSPS) is 16.6. The third kappa shape index (κ3) is 5.35. The maximum Gasteiger partial charge on any atom is 0.122 e. The number of nitrogens with zero attached hydrogens (tertiary/aromatic N) is 1. The average molecular weight is 311 g/mol. The van der Waals surface area contributed by atoms with E-state index in [9.17, 15) is 0 Å². The summed E-state index contributed by atoms with van der Waals surface area (Å²) < 4.78 is 5.91. The van der Waals surface area contributed by atoms with Crippen LogP contribution in [0.25, 0.3) is 0 Å². The second-order valence-electron chi connectivity index (χ2n) is 6.41. The maximum atomic E-state index is 5.91. The summed E-state index contributed by atoms with van der Waals surface area (Å²) in [6.07, 6.45) is 6.14. The molecule has 1 aromatic heterocycles. The Hall–Kier alpha value is -0.450. The van der Waals surface area contributed by atoms with Gasteiger partial charge in [0.05, 0.1) is 5.69 Å². The second kappa shape index (κ2) is 8.25. The Morgan fingerprint density at radius 2 is 2.10 bits per heavy atom. The van der Waals surface area contributed by atoms with Crippen LogP contribution in [0.2, 0.25) is 0 Å². The van der Waals surface area contributed by atoms with E-state index in [1.165, 1.54) is 28.4 Å². The van der Waals surface area contributed by atoms with Crippen molar-refractivity contribution in [3.8, 4) is 0 Å². The van der Waals surface area contributed by atoms with Crippen LogP contribution in [0.3, 0.4) is 0 Å². The van der Waals surface area contributed by atoms with Crippen LogP contribution >= 0.6 is 11.3 Å². The van der Waals surface area contributed by atoms with Crippen molar-refractivity contribution in [3.63, 3.8) is 0 Å². The monoisotopic (exact) mass is 310 g/mol. The molecule has 0 spiro atoms. The molecule has 1 aliphatic carbocycles. The smallest absolute Gasteiger partial charge is 0.122 e. The number of hydrogen-bond donors (Lipinski definition) is 1. The highest BCUT2D eigenvalue weighted by Gasteiger charge is 2.23. The van der Waals surface area contributed by atoms with Gasteiger partial charge in [-0.15, -0.1) is 11.3 Å². The Morgan fingerprint density at radius 1 is 1.33 bits per heavy atom. The van der Waals surface area contributed by atoms with Crippen molar-refractivity contribution in [2.45, 2.75) is 78.5 Å². The molecular weight excluding hydrogens is 280 g/mol. The van der Waals surface area contributed by atoms with Gasteiger partial charge in [0.25, 0.3) is 0 Å². The van der Waals surface area contributed by atoms with Gasteiger partial charge in [0.1, 0.15) is 11.1 Å². The third-order valence-electron chi connectivity index (χ3n) is 3.72. The zero-order valence-corrected chi connectivity index (χ0v) is 14.8. The molecule has 2 rings (SSSR count). The van der Waals surface area contributed by atoms with E-state index in [-0.39, 0.29) is 6.10 Å². The Bertz CT molecular complexity index is 420. The van der Waals surface area contributed by atoms with Crippen LogP contribution in [0.5, 0.6) is 0 Å². The predicted molar refractivity (Wildman–Crippen MR) is 89.8 cm³/mol. The quantitative estimate of drug-likeness (QED) is 0.692. The van der Waals surface area contributed by atoms with Crippen molar-refractivity contribution in [1.29, 1.82) is 0 Å². The molecule has 1 aromatic rings. The highest BCUT2D eigenvalue weighted by molar-refractivity contribution is 7.11. The van der Waals surface area contributed by atoms with Gasteiger partial charge in [-0.3, -0.25) is 0 Å². The molecule has 0 radical (unpaired) electrons. The summed E-state index contributed by atoms with van der Waals surface area (Å²) in [5.41, 5.74) is 1.29. The van der Waals surface area contributed by atoms with Crippen LogP contribution in [0.4, 0.5) is 0 Å². The SMILES string of the molecule is CCCC(OCC)c1nc(CC(C)C)c(CNC2CC2)s1. The molecule has 1 atom stereocenters. The zero-order chi connectivity index (χ0) is 15.2. The van der Waals surface area contributed by atoms with Gasteiger partial charge in [-0.2, -0.15) is 0 Å². The summed E-state index contributed by atoms with van der Waals surface area (Å²) in [4.78, 5) is 6.36. The minimum atomic E-state index is 0.186. The molecule has 1 unspecified atom stereocenters. The topological polar surface area (TPSA) is 34.1 Å². The molecule has 1 heterocycles. The fourth-order valence-electron chi connectivity index (χ4n) is 2.49. The van der Waals surface area contributed by atoms with Crippen molar-refractivity contribution >= 4 is 11.3 Å². The lowest BCUT2D eigenvalue weighted by Crippen LogP contribution is -2.15. The molecule has 1 saturated carbocycles. The summed E-state index contributed by atoms with van der Waals surface area (Å²) in [5, 5.41) is 4.81. The molecule has 1 fully saturated rings. The molecule has 0 saturated heterocycles. The van der Waals surface area contributed by atoms with E-state index in [2.05, 4.69) is 33.0 Å². The highest BCUT2D eigenvalue weighted by Crippen LogP contribution is 2.31. The summed E-state index contributed by atoms with van der Waals surface area (Å²) in [7, 11) is 0. The van der Waals surface area contributed by atoms with Crippen LogP contribution < -0.4 is 5.32 Å². The van der Waals surface area contributed by atoms with Crippen LogP contribution in [0.1, 0.15) is 75.1 Å². The van der Waals surface area contributed by atoms with Gasteiger partial charge >= 0.3 is 0 Å². The first kappa shape index (κ1) is 16.9. The van der Waals surface area contributed by atoms with Crippen LogP contribution in [0.15, 0.2) is 0 Å². The largest absolute Gasteiger partial charge is 0.371 e. The molecule has 21 heavy (non-hydrogen) atoms. The van der Waals surface area contributed by atoms with Crippen molar-refractivity contribution in [1.82, 2.24) is 10.3 Å². The molecular formula is C17H30N2OS. The van der Waals surface area contributed by atoms with E-state index in [1.807, 2.05) is 11.3 Å². The van der Waals surface area contributed by atoms with E-state index < -0.39 is 0 Å². The van der Waals surface area contributed by atoms with E-state index >= 15 is 0 Å². The fourth-order valence-corrected chi connectivity index (χ4v) is 3.62. The molecule has 1 N–H and O–H groups in total. The van der Waals surface area contributed by atoms with Crippen molar-refractivity contribution < 1.29 is 4.74 Å². The number of aromatic nitrogens is 1. The van der Waals surface area contributed by atoms with Gasteiger partial charge in [-0.25, -0.2) is 4.98 Å². The number of rotatable bonds is 10. The van der Waals surface area contributed by atoms with Crippen LogP contribution in [0, 0.1) is 5.92 Å². The highest BCUT2D eigenvalue weighted by atomic mass is 32.1. The van der Waals surface area contributed by atoms with Gasteiger partial charge in [0.2, 0.25) is 0 Å². The van der Waals surface area contributed by atoms with E-state index in [0.29, 0.717) is 5.92 Å². The Labute approximate surface area is 133 Å².